The van der Waals surface area contributed by atoms with E-state index >= 15 is 0 Å². The molecule has 0 spiro atoms. The molecule has 0 saturated carbocycles. The fourth-order valence-corrected chi connectivity index (χ4v) is 2.86. The van der Waals surface area contributed by atoms with E-state index in [-0.39, 0.29) is 11.9 Å². The second-order valence-electron chi connectivity index (χ2n) is 4.41. The first-order valence-electron chi connectivity index (χ1n) is 6.11. The van der Waals surface area contributed by atoms with Crippen LogP contribution in [-0.4, -0.2) is 12.5 Å². The van der Waals surface area contributed by atoms with Gasteiger partial charge in [0.05, 0.1) is 6.26 Å². The lowest BCUT2D eigenvalue weighted by atomic mass is 10.1. The van der Waals surface area contributed by atoms with Crippen LogP contribution in [0.2, 0.25) is 0 Å². The number of carbonyl (C=O) groups excluding carboxylic acids is 1. The van der Waals surface area contributed by atoms with E-state index in [1.54, 1.807) is 6.26 Å². The maximum atomic E-state index is 12.0. The van der Waals surface area contributed by atoms with Crippen LogP contribution in [-0.2, 0) is 11.2 Å². The Balaban J connectivity index is 1.70. The summed E-state index contributed by atoms with van der Waals surface area (Å²) in [4.78, 5) is 12.0. The van der Waals surface area contributed by atoms with E-state index in [9.17, 15) is 4.79 Å². The molecule has 1 aromatic carbocycles. The standard InChI is InChI=1S/C14H13BrN2O2/c15-10-4-1-5-11-12(10)13(14(18)17-11)16-7-6-9-3-2-8-19-9/h1-5,8,13,16H,6-7H2,(H,17,18). The molecule has 98 valence electrons. The molecule has 2 aromatic rings. The molecule has 1 amide bonds. The molecule has 1 atom stereocenters. The van der Waals surface area contributed by atoms with Gasteiger partial charge in [0.25, 0.3) is 0 Å². The molecule has 1 aromatic heterocycles. The zero-order valence-corrected chi connectivity index (χ0v) is 11.7. The summed E-state index contributed by atoms with van der Waals surface area (Å²) in [6.45, 7) is 0.687. The maximum Gasteiger partial charge on any atom is 0.246 e. The molecule has 2 N–H and O–H groups in total. The first kappa shape index (κ1) is 12.4. The lowest BCUT2D eigenvalue weighted by Gasteiger charge is -2.12. The number of rotatable bonds is 4. The van der Waals surface area contributed by atoms with Crippen LogP contribution in [0.1, 0.15) is 17.4 Å². The number of benzene rings is 1. The lowest BCUT2D eigenvalue weighted by molar-refractivity contribution is -0.117. The molecule has 4 nitrogen and oxygen atoms in total. The molecule has 1 unspecified atom stereocenters. The average Bonchev–Trinajstić information content (AvgIpc) is 2.99. The van der Waals surface area contributed by atoms with Crippen molar-refractivity contribution in [3.8, 4) is 0 Å². The van der Waals surface area contributed by atoms with Crippen LogP contribution in [0.3, 0.4) is 0 Å². The van der Waals surface area contributed by atoms with Crippen molar-refractivity contribution < 1.29 is 9.21 Å². The predicted octanol–water partition coefficient (Wildman–Crippen LogP) is 2.87. The molecule has 0 aliphatic carbocycles. The topological polar surface area (TPSA) is 54.3 Å². The van der Waals surface area contributed by atoms with Gasteiger partial charge in [0.15, 0.2) is 0 Å². The highest BCUT2D eigenvalue weighted by atomic mass is 79.9. The maximum absolute atomic E-state index is 12.0. The van der Waals surface area contributed by atoms with Crippen LogP contribution < -0.4 is 10.6 Å². The Morgan fingerprint density at radius 1 is 1.32 bits per heavy atom. The van der Waals surface area contributed by atoms with Gasteiger partial charge in [-0.15, -0.1) is 0 Å². The van der Waals surface area contributed by atoms with Gasteiger partial charge in [-0.2, -0.15) is 0 Å². The van der Waals surface area contributed by atoms with Gasteiger partial charge in [-0.05, 0) is 24.3 Å². The van der Waals surface area contributed by atoms with Crippen LogP contribution in [0.15, 0.2) is 45.5 Å². The smallest absolute Gasteiger partial charge is 0.246 e. The van der Waals surface area contributed by atoms with E-state index in [1.165, 1.54) is 0 Å². The fourth-order valence-electron chi connectivity index (χ4n) is 2.26. The number of amides is 1. The van der Waals surface area contributed by atoms with Crippen LogP contribution in [0.5, 0.6) is 0 Å². The minimum Gasteiger partial charge on any atom is -0.469 e. The number of anilines is 1. The first-order chi connectivity index (χ1) is 9.25. The monoisotopic (exact) mass is 320 g/mol. The number of carbonyl (C=O) groups is 1. The summed E-state index contributed by atoms with van der Waals surface area (Å²) in [5, 5.41) is 6.14. The summed E-state index contributed by atoms with van der Waals surface area (Å²) >= 11 is 3.50. The van der Waals surface area contributed by atoms with E-state index in [4.69, 9.17) is 4.42 Å². The van der Waals surface area contributed by atoms with Crippen molar-refractivity contribution in [1.29, 1.82) is 0 Å². The van der Waals surface area contributed by atoms with E-state index < -0.39 is 0 Å². The molecule has 0 fully saturated rings. The Hall–Kier alpha value is -1.59. The lowest BCUT2D eigenvalue weighted by Crippen LogP contribution is -2.29. The van der Waals surface area contributed by atoms with Gasteiger partial charge in [0.2, 0.25) is 5.91 Å². The molecule has 0 bridgehead atoms. The molecule has 1 aliphatic rings. The van der Waals surface area contributed by atoms with Gasteiger partial charge in [0.1, 0.15) is 11.8 Å². The minimum atomic E-state index is -0.305. The predicted molar refractivity (Wildman–Crippen MR) is 75.9 cm³/mol. The minimum absolute atomic E-state index is 0.0126. The van der Waals surface area contributed by atoms with Gasteiger partial charge in [0, 0.05) is 28.7 Å². The number of hydrogen-bond donors (Lipinski definition) is 2. The van der Waals surface area contributed by atoms with Crippen molar-refractivity contribution in [3.05, 3.63) is 52.4 Å². The normalized spacial score (nSPS) is 17.3. The second kappa shape index (κ2) is 5.19. The largest absolute Gasteiger partial charge is 0.469 e. The average molecular weight is 321 g/mol. The first-order valence-corrected chi connectivity index (χ1v) is 6.90. The number of furan rings is 1. The molecule has 3 rings (SSSR count). The summed E-state index contributed by atoms with van der Waals surface area (Å²) < 4.78 is 6.21. The molecule has 2 heterocycles. The highest BCUT2D eigenvalue weighted by molar-refractivity contribution is 9.10. The van der Waals surface area contributed by atoms with Gasteiger partial charge in [-0.3, -0.25) is 4.79 Å². The third-order valence-corrected chi connectivity index (χ3v) is 3.85. The van der Waals surface area contributed by atoms with E-state index in [2.05, 4.69) is 26.6 Å². The van der Waals surface area contributed by atoms with Gasteiger partial charge in [-0.1, -0.05) is 22.0 Å². The van der Waals surface area contributed by atoms with Crippen LogP contribution in [0.4, 0.5) is 5.69 Å². The number of halogens is 1. The summed E-state index contributed by atoms with van der Waals surface area (Å²) in [5.41, 5.74) is 1.85. The summed E-state index contributed by atoms with van der Waals surface area (Å²) in [6, 6.07) is 9.26. The summed E-state index contributed by atoms with van der Waals surface area (Å²) in [5.74, 6) is 0.902. The molecule has 0 saturated heterocycles. The highest BCUT2D eigenvalue weighted by Crippen LogP contribution is 2.36. The van der Waals surface area contributed by atoms with Crippen molar-refractivity contribution in [3.63, 3.8) is 0 Å². The van der Waals surface area contributed by atoms with Crippen molar-refractivity contribution in [1.82, 2.24) is 5.32 Å². The van der Waals surface area contributed by atoms with Crippen molar-refractivity contribution >= 4 is 27.5 Å². The highest BCUT2D eigenvalue weighted by Gasteiger charge is 2.31. The third kappa shape index (κ3) is 2.43. The van der Waals surface area contributed by atoms with Gasteiger partial charge < -0.3 is 15.1 Å². The molecule has 5 heteroatoms. The van der Waals surface area contributed by atoms with Crippen molar-refractivity contribution in [2.24, 2.45) is 0 Å². The Kier molecular flexibility index (Phi) is 3.40. The van der Waals surface area contributed by atoms with Gasteiger partial charge >= 0.3 is 0 Å². The van der Waals surface area contributed by atoms with Crippen LogP contribution >= 0.6 is 15.9 Å². The summed E-state index contributed by atoms with van der Waals surface area (Å²) in [7, 11) is 0. The quantitative estimate of drug-likeness (QED) is 0.910. The number of fused-ring (bicyclic) bond motifs is 1. The Morgan fingerprint density at radius 3 is 3.00 bits per heavy atom. The fraction of sp³-hybridized carbons (Fsp3) is 0.214. The Bertz CT molecular complexity index is 595. The zero-order chi connectivity index (χ0) is 13.2. The number of nitrogens with one attached hydrogen (secondary N) is 2. The van der Waals surface area contributed by atoms with Crippen LogP contribution in [0, 0.1) is 0 Å². The Labute approximate surface area is 119 Å². The van der Waals surface area contributed by atoms with E-state index in [1.807, 2.05) is 30.3 Å². The molecule has 19 heavy (non-hydrogen) atoms. The molecule has 1 aliphatic heterocycles. The van der Waals surface area contributed by atoms with Crippen LogP contribution in [0.25, 0.3) is 0 Å². The molecule has 0 radical (unpaired) electrons. The SMILES string of the molecule is O=C1Nc2cccc(Br)c2C1NCCc1ccco1. The Morgan fingerprint density at radius 2 is 2.21 bits per heavy atom. The van der Waals surface area contributed by atoms with Crippen molar-refractivity contribution in [2.45, 2.75) is 12.5 Å². The summed E-state index contributed by atoms with van der Waals surface area (Å²) in [6.07, 6.45) is 2.42. The molecular weight excluding hydrogens is 308 g/mol. The van der Waals surface area contributed by atoms with Crippen molar-refractivity contribution in [2.75, 3.05) is 11.9 Å². The number of hydrogen-bond acceptors (Lipinski definition) is 3. The molecular formula is C14H13BrN2O2. The van der Waals surface area contributed by atoms with Gasteiger partial charge in [-0.25, -0.2) is 0 Å². The third-order valence-electron chi connectivity index (χ3n) is 3.16. The zero-order valence-electron chi connectivity index (χ0n) is 10.2. The second-order valence-corrected chi connectivity index (χ2v) is 5.26. The van der Waals surface area contributed by atoms with E-state index in [0.717, 1.165) is 27.9 Å². The van der Waals surface area contributed by atoms with E-state index in [0.29, 0.717) is 6.54 Å².